The molecule has 0 spiro atoms. The molecule has 0 aromatic heterocycles. The summed E-state index contributed by atoms with van der Waals surface area (Å²) in [5.74, 6) is 0.170. The van der Waals surface area contributed by atoms with Gasteiger partial charge in [0.05, 0.1) is 0 Å². The lowest BCUT2D eigenvalue weighted by Crippen LogP contribution is -2.32. The number of hydrogen-bond donors (Lipinski definition) is 2. The van der Waals surface area contributed by atoms with Gasteiger partial charge in [0.25, 0.3) is 0 Å². The van der Waals surface area contributed by atoms with E-state index in [0.29, 0.717) is 12.5 Å². The van der Waals surface area contributed by atoms with Gasteiger partial charge in [-0.05, 0) is 56.3 Å². The Bertz CT molecular complexity index is 436. The largest absolute Gasteiger partial charge is 0.356 e. The van der Waals surface area contributed by atoms with Crippen LogP contribution in [0.15, 0.2) is 18.2 Å². The van der Waals surface area contributed by atoms with Crippen LogP contribution in [0, 0.1) is 13.8 Å². The molecule has 2 N–H and O–H groups in total. The molecule has 3 heteroatoms. The second-order valence-corrected chi connectivity index (χ2v) is 5.52. The second kappa shape index (κ2) is 6.71. The molecule has 0 bridgehead atoms. The zero-order chi connectivity index (χ0) is 13.7. The van der Waals surface area contributed by atoms with Gasteiger partial charge < -0.3 is 10.6 Å². The standard InChI is InChI=1S/C16H24N2O/c1-12-5-6-14(10-13(12)2)7-9-18-16(19)11-15-4-3-8-17-15/h5-6,10,15,17H,3-4,7-9,11H2,1-2H3,(H,18,19). The number of carbonyl (C=O) groups is 1. The summed E-state index contributed by atoms with van der Waals surface area (Å²) in [5, 5.41) is 6.36. The first-order valence-electron chi connectivity index (χ1n) is 7.21. The van der Waals surface area contributed by atoms with Crippen molar-refractivity contribution < 1.29 is 4.79 Å². The van der Waals surface area contributed by atoms with Gasteiger partial charge in [0, 0.05) is 19.0 Å². The van der Waals surface area contributed by atoms with Crippen molar-refractivity contribution in [3.05, 3.63) is 34.9 Å². The highest BCUT2D eigenvalue weighted by Crippen LogP contribution is 2.10. The van der Waals surface area contributed by atoms with Crippen molar-refractivity contribution in [2.24, 2.45) is 0 Å². The summed E-state index contributed by atoms with van der Waals surface area (Å²) in [6, 6.07) is 6.89. The van der Waals surface area contributed by atoms with E-state index in [2.05, 4.69) is 42.7 Å². The van der Waals surface area contributed by atoms with Crippen molar-refractivity contribution in [3.8, 4) is 0 Å². The van der Waals surface area contributed by atoms with E-state index in [1.54, 1.807) is 0 Å². The van der Waals surface area contributed by atoms with Crippen LogP contribution in [0.3, 0.4) is 0 Å². The molecule has 104 valence electrons. The molecule has 1 aromatic carbocycles. The lowest BCUT2D eigenvalue weighted by atomic mass is 10.0. The second-order valence-electron chi connectivity index (χ2n) is 5.52. The molecule has 1 amide bonds. The van der Waals surface area contributed by atoms with Crippen molar-refractivity contribution in [2.75, 3.05) is 13.1 Å². The third kappa shape index (κ3) is 4.35. The normalized spacial score (nSPS) is 18.5. The van der Waals surface area contributed by atoms with Crippen LogP contribution in [0.5, 0.6) is 0 Å². The number of nitrogens with one attached hydrogen (secondary N) is 2. The number of amides is 1. The molecule has 0 radical (unpaired) electrons. The van der Waals surface area contributed by atoms with Gasteiger partial charge in [-0.25, -0.2) is 0 Å². The van der Waals surface area contributed by atoms with Crippen LogP contribution in [0.2, 0.25) is 0 Å². The molecular weight excluding hydrogens is 236 g/mol. The summed E-state index contributed by atoms with van der Waals surface area (Å²) >= 11 is 0. The van der Waals surface area contributed by atoms with Crippen molar-refractivity contribution in [3.63, 3.8) is 0 Å². The van der Waals surface area contributed by atoms with Crippen molar-refractivity contribution >= 4 is 5.91 Å². The maximum absolute atomic E-state index is 11.8. The lowest BCUT2D eigenvalue weighted by molar-refractivity contribution is -0.121. The minimum atomic E-state index is 0.170. The summed E-state index contributed by atoms with van der Waals surface area (Å²) in [4.78, 5) is 11.8. The highest BCUT2D eigenvalue weighted by molar-refractivity contribution is 5.76. The van der Waals surface area contributed by atoms with Crippen LogP contribution >= 0.6 is 0 Å². The van der Waals surface area contributed by atoms with Crippen molar-refractivity contribution in [1.29, 1.82) is 0 Å². The predicted molar refractivity (Wildman–Crippen MR) is 78.3 cm³/mol. The smallest absolute Gasteiger partial charge is 0.221 e. The quantitative estimate of drug-likeness (QED) is 0.851. The Morgan fingerprint density at radius 1 is 1.37 bits per heavy atom. The van der Waals surface area contributed by atoms with Crippen LogP contribution in [-0.4, -0.2) is 25.0 Å². The number of aryl methyl sites for hydroxylation is 2. The topological polar surface area (TPSA) is 41.1 Å². The minimum absolute atomic E-state index is 0.170. The van der Waals surface area contributed by atoms with Gasteiger partial charge in [0.15, 0.2) is 0 Å². The fourth-order valence-corrected chi connectivity index (χ4v) is 2.53. The van der Waals surface area contributed by atoms with E-state index in [1.165, 1.54) is 23.1 Å². The van der Waals surface area contributed by atoms with Gasteiger partial charge in [-0.15, -0.1) is 0 Å². The van der Waals surface area contributed by atoms with Crippen LogP contribution in [-0.2, 0) is 11.2 Å². The minimum Gasteiger partial charge on any atom is -0.356 e. The van der Waals surface area contributed by atoms with E-state index in [4.69, 9.17) is 0 Å². The summed E-state index contributed by atoms with van der Waals surface area (Å²) < 4.78 is 0. The average Bonchev–Trinajstić information content (AvgIpc) is 2.86. The van der Waals surface area contributed by atoms with E-state index in [1.807, 2.05) is 0 Å². The van der Waals surface area contributed by atoms with Gasteiger partial charge in [0.2, 0.25) is 5.91 Å². The fourth-order valence-electron chi connectivity index (χ4n) is 2.53. The average molecular weight is 260 g/mol. The monoisotopic (exact) mass is 260 g/mol. The molecule has 0 saturated carbocycles. The zero-order valence-corrected chi connectivity index (χ0v) is 12.0. The Balaban J connectivity index is 1.70. The van der Waals surface area contributed by atoms with E-state index in [9.17, 15) is 4.79 Å². The van der Waals surface area contributed by atoms with Gasteiger partial charge in [-0.3, -0.25) is 4.79 Å². The maximum atomic E-state index is 11.8. The molecular formula is C16H24N2O. The van der Waals surface area contributed by atoms with Crippen LogP contribution in [0.25, 0.3) is 0 Å². The molecule has 1 saturated heterocycles. The Hall–Kier alpha value is -1.35. The fraction of sp³-hybridized carbons (Fsp3) is 0.562. The SMILES string of the molecule is Cc1ccc(CCNC(=O)CC2CCCN2)cc1C. The van der Waals surface area contributed by atoms with Crippen molar-refractivity contribution in [1.82, 2.24) is 10.6 Å². The molecule has 1 fully saturated rings. The van der Waals surface area contributed by atoms with Gasteiger partial charge in [0.1, 0.15) is 0 Å². The first-order chi connectivity index (χ1) is 9.15. The molecule has 1 aliphatic rings. The molecule has 1 heterocycles. The number of hydrogen-bond acceptors (Lipinski definition) is 2. The van der Waals surface area contributed by atoms with Crippen LogP contribution in [0.1, 0.15) is 36.0 Å². The third-order valence-electron chi connectivity index (χ3n) is 3.90. The molecule has 1 aromatic rings. The Labute approximate surface area is 115 Å². The molecule has 1 aliphatic heterocycles. The summed E-state index contributed by atoms with van der Waals surface area (Å²) in [7, 11) is 0. The molecule has 1 atom stereocenters. The predicted octanol–water partition coefficient (Wildman–Crippen LogP) is 2.10. The molecule has 19 heavy (non-hydrogen) atoms. The van der Waals surface area contributed by atoms with Crippen molar-refractivity contribution in [2.45, 2.75) is 45.6 Å². The Kier molecular flexibility index (Phi) is 4.97. The highest BCUT2D eigenvalue weighted by atomic mass is 16.1. The summed E-state index contributed by atoms with van der Waals surface area (Å²) in [5.41, 5.74) is 3.93. The van der Waals surface area contributed by atoms with E-state index in [-0.39, 0.29) is 5.91 Å². The maximum Gasteiger partial charge on any atom is 0.221 e. The highest BCUT2D eigenvalue weighted by Gasteiger charge is 2.17. The first kappa shape index (κ1) is 14.1. The lowest BCUT2D eigenvalue weighted by Gasteiger charge is -2.11. The number of carbonyl (C=O) groups excluding carboxylic acids is 1. The number of benzene rings is 1. The van der Waals surface area contributed by atoms with E-state index in [0.717, 1.165) is 25.9 Å². The molecule has 2 rings (SSSR count). The first-order valence-corrected chi connectivity index (χ1v) is 7.21. The van der Waals surface area contributed by atoms with Gasteiger partial charge in [-0.1, -0.05) is 18.2 Å². The van der Waals surface area contributed by atoms with Crippen LogP contribution in [0.4, 0.5) is 0 Å². The van der Waals surface area contributed by atoms with Gasteiger partial charge in [-0.2, -0.15) is 0 Å². The Morgan fingerprint density at radius 2 is 2.21 bits per heavy atom. The third-order valence-corrected chi connectivity index (χ3v) is 3.90. The zero-order valence-electron chi connectivity index (χ0n) is 12.0. The van der Waals surface area contributed by atoms with Gasteiger partial charge >= 0.3 is 0 Å². The van der Waals surface area contributed by atoms with Crippen LogP contribution < -0.4 is 10.6 Å². The molecule has 1 unspecified atom stereocenters. The summed E-state index contributed by atoms with van der Waals surface area (Å²) in [6.45, 7) is 6.04. The summed E-state index contributed by atoms with van der Waals surface area (Å²) in [6.07, 6.45) is 3.85. The van der Waals surface area contributed by atoms with E-state index < -0.39 is 0 Å². The number of rotatable bonds is 5. The molecule has 0 aliphatic carbocycles. The molecule has 3 nitrogen and oxygen atoms in total. The van der Waals surface area contributed by atoms with E-state index >= 15 is 0 Å². The Morgan fingerprint density at radius 3 is 2.89 bits per heavy atom.